The van der Waals surface area contributed by atoms with E-state index in [9.17, 15) is 9.50 Å². The zero-order valence-electron chi connectivity index (χ0n) is 14.3. The first-order chi connectivity index (χ1) is 10.9. The predicted octanol–water partition coefficient (Wildman–Crippen LogP) is 2.10. The van der Waals surface area contributed by atoms with E-state index in [1.165, 1.54) is 16.7 Å². The second-order valence-corrected chi connectivity index (χ2v) is 6.84. The highest BCUT2D eigenvalue weighted by Crippen LogP contribution is 2.09. The van der Waals surface area contributed by atoms with Crippen molar-refractivity contribution in [2.45, 2.75) is 40.0 Å². The number of quaternary nitrogens is 1. The molecule has 126 valence electrons. The standard InChI is InChI=1S/C19H27FN2O/c1-15(2)11-21(12-16(3)23)14-19-8-5-9-22(19)13-17-6-4-7-18(20)10-17/h4-10,15-16,23H,11-14H2,1-3H3/p+1/t16-/m1/s1. The normalized spacial score (nSPS) is 14.2. The molecule has 0 radical (unpaired) electrons. The van der Waals surface area contributed by atoms with Crippen LogP contribution in [0, 0.1) is 11.7 Å². The summed E-state index contributed by atoms with van der Waals surface area (Å²) in [5, 5.41) is 9.73. The fraction of sp³-hybridized carbons (Fsp3) is 0.474. The van der Waals surface area contributed by atoms with Gasteiger partial charge < -0.3 is 14.6 Å². The summed E-state index contributed by atoms with van der Waals surface area (Å²) >= 11 is 0. The zero-order valence-corrected chi connectivity index (χ0v) is 14.3. The van der Waals surface area contributed by atoms with E-state index in [2.05, 4.69) is 24.5 Å². The Morgan fingerprint density at radius 2 is 1.91 bits per heavy atom. The number of hydrogen-bond donors (Lipinski definition) is 2. The van der Waals surface area contributed by atoms with Crippen molar-refractivity contribution in [2.24, 2.45) is 5.92 Å². The molecule has 0 saturated carbocycles. The lowest BCUT2D eigenvalue weighted by Crippen LogP contribution is -3.12. The highest BCUT2D eigenvalue weighted by molar-refractivity contribution is 5.18. The third kappa shape index (κ3) is 5.81. The molecule has 4 heteroatoms. The summed E-state index contributed by atoms with van der Waals surface area (Å²) in [5.41, 5.74) is 2.17. The lowest BCUT2D eigenvalue weighted by molar-refractivity contribution is -0.920. The quantitative estimate of drug-likeness (QED) is 0.767. The number of nitrogens with one attached hydrogen (secondary N) is 1. The highest BCUT2D eigenvalue weighted by atomic mass is 19.1. The Balaban J connectivity index is 2.09. The maximum Gasteiger partial charge on any atom is 0.123 e. The SMILES string of the molecule is CC(C)C[NH+](Cc1cccn1Cc1cccc(F)c1)C[C@@H](C)O. The van der Waals surface area contributed by atoms with Crippen LogP contribution in [0.25, 0.3) is 0 Å². The van der Waals surface area contributed by atoms with Gasteiger partial charge in [-0.25, -0.2) is 4.39 Å². The lowest BCUT2D eigenvalue weighted by atomic mass is 10.2. The van der Waals surface area contributed by atoms with Gasteiger partial charge in [-0.2, -0.15) is 0 Å². The molecule has 1 unspecified atom stereocenters. The van der Waals surface area contributed by atoms with Gasteiger partial charge in [-0.05, 0) is 36.8 Å². The first-order valence-electron chi connectivity index (χ1n) is 8.34. The molecule has 2 rings (SSSR count). The molecule has 0 saturated heterocycles. The summed E-state index contributed by atoms with van der Waals surface area (Å²) in [7, 11) is 0. The maximum atomic E-state index is 13.4. The molecule has 0 aliphatic carbocycles. The summed E-state index contributed by atoms with van der Waals surface area (Å²) in [6.45, 7) is 9.54. The van der Waals surface area contributed by atoms with Gasteiger partial charge in [0.15, 0.2) is 0 Å². The van der Waals surface area contributed by atoms with Gasteiger partial charge in [0, 0.05) is 18.7 Å². The van der Waals surface area contributed by atoms with Crippen molar-refractivity contribution >= 4 is 0 Å². The van der Waals surface area contributed by atoms with Crippen LogP contribution in [0.4, 0.5) is 4.39 Å². The monoisotopic (exact) mass is 319 g/mol. The molecule has 2 aromatic rings. The van der Waals surface area contributed by atoms with E-state index in [0.717, 1.165) is 25.2 Å². The fourth-order valence-corrected chi connectivity index (χ4v) is 3.08. The topological polar surface area (TPSA) is 29.6 Å². The van der Waals surface area contributed by atoms with Gasteiger partial charge in [0.05, 0.1) is 12.2 Å². The number of aliphatic hydroxyl groups is 1. The van der Waals surface area contributed by atoms with E-state index in [0.29, 0.717) is 12.5 Å². The Morgan fingerprint density at radius 1 is 1.13 bits per heavy atom. The van der Waals surface area contributed by atoms with Crippen LogP contribution >= 0.6 is 0 Å². The summed E-state index contributed by atoms with van der Waals surface area (Å²) in [6.07, 6.45) is 1.73. The largest absolute Gasteiger partial charge is 0.388 e. The van der Waals surface area contributed by atoms with Gasteiger partial charge in [0.1, 0.15) is 25.0 Å². The molecule has 1 heterocycles. The van der Waals surface area contributed by atoms with Crippen LogP contribution in [0.15, 0.2) is 42.6 Å². The summed E-state index contributed by atoms with van der Waals surface area (Å²) < 4.78 is 15.5. The van der Waals surface area contributed by atoms with E-state index < -0.39 is 0 Å². The second-order valence-electron chi connectivity index (χ2n) is 6.84. The Bertz CT molecular complexity index is 597. The molecule has 0 spiro atoms. The average molecular weight is 319 g/mol. The van der Waals surface area contributed by atoms with E-state index in [1.54, 1.807) is 12.1 Å². The van der Waals surface area contributed by atoms with Crippen molar-refractivity contribution in [3.63, 3.8) is 0 Å². The molecule has 0 bridgehead atoms. The number of halogens is 1. The average Bonchev–Trinajstić information content (AvgIpc) is 2.84. The molecule has 2 N–H and O–H groups in total. The van der Waals surface area contributed by atoms with E-state index in [4.69, 9.17) is 0 Å². The molecule has 23 heavy (non-hydrogen) atoms. The fourth-order valence-electron chi connectivity index (χ4n) is 3.08. The van der Waals surface area contributed by atoms with Crippen LogP contribution in [0.3, 0.4) is 0 Å². The molecule has 0 aliphatic rings. The van der Waals surface area contributed by atoms with Crippen molar-refractivity contribution in [3.05, 3.63) is 59.7 Å². The van der Waals surface area contributed by atoms with Gasteiger partial charge in [-0.15, -0.1) is 0 Å². The third-order valence-corrected chi connectivity index (χ3v) is 3.88. The van der Waals surface area contributed by atoms with Gasteiger partial charge in [-0.1, -0.05) is 26.0 Å². The van der Waals surface area contributed by atoms with E-state index in [-0.39, 0.29) is 11.9 Å². The van der Waals surface area contributed by atoms with Gasteiger partial charge >= 0.3 is 0 Å². The van der Waals surface area contributed by atoms with Crippen LogP contribution < -0.4 is 4.90 Å². The smallest absolute Gasteiger partial charge is 0.123 e. The van der Waals surface area contributed by atoms with Gasteiger partial charge in [0.25, 0.3) is 0 Å². The Kier molecular flexibility index (Phi) is 6.37. The molecule has 3 nitrogen and oxygen atoms in total. The van der Waals surface area contributed by atoms with Crippen LogP contribution in [0.2, 0.25) is 0 Å². The Labute approximate surface area is 138 Å². The lowest BCUT2D eigenvalue weighted by Gasteiger charge is -2.23. The van der Waals surface area contributed by atoms with Gasteiger partial charge in [0.2, 0.25) is 0 Å². The van der Waals surface area contributed by atoms with Crippen molar-refractivity contribution in [1.29, 1.82) is 0 Å². The van der Waals surface area contributed by atoms with Crippen LogP contribution in [0.5, 0.6) is 0 Å². The van der Waals surface area contributed by atoms with Crippen molar-refractivity contribution in [2.75, 3.05) is 13.1 Å². The maximum absolute atomic E-state index is 13.4. The molecule has 0 amide bonds. The summed E-state index contributed by atoms with van der Waals surface area (Å²) in [6, 6.07) is 10.9. The van der Waals surface area contributed by atoms with Gasteiger partial charge in [-0.3, -0.25) is 0 Å². The molecule has 2 atom stereocenters. The third-order valence-electron chi connectivity index (χ3n) is 3.88. The molecular formula is C19H28FN2O+. The first-order valence-corrected chi connectivity index (χ1v) is 8.34. The van der Waals surface area contributed by atoms with Crippen molar-refractivity contribution < 1.29 is 14.4 Å². The highest BCUT2D eigenvalue weighted by Gasteiger charge is 2.16. The van der Waals surface area contributed by atoms with E-state index in [1.807, 2.05) is 25.3 Å². The Hall–Kier alpha value is -1.65. The molecule has 1 aromatic heterocycles. The molecule has 0 fully saturated rings. The number of rotatable bonds is 8. The number of hydrogen-bond acceptors (Lipinski definition) is 1. The molecular weight excluding hydrogens is 291 g/mol. The molecule has 0 aliphatic heterocycles. The van der Waals surface area contributed by atoms with E-state index >= 15 is 0 Å². The number of nitrogens with zero attached hydrogens (tertiary/aromatic N) is 1. The van der Waals surface area contributed by atoms with Crippen molar-refractivity contribution in [1.82, 2.24) is 4.57 Å². The number of benzene rings is 1. The summed E-state index contributed by atoms with van der Waals surface area (Å²) in [4.78, 5) is 1.37. The number of aliphatic hydroxyl groups excluding tert-OH is 1. The first kappa shape index (κ1) is 17.7. The molecule has 1 aromatic carbocycles. The predicted molar refractivity (Wildman–Crippen MR) is 90.9 cm³/mol. The minimum atomic E-state index is -0.310. The second kappa shape index (κ2) is 8.27. The minimum absolute atomic E-state index is 0.197. The minimum Gasteiger partial charge on any atom is -0.388 e. The van der Waals surface area contributed by atoms with Crippen LogP contribution in [0.1, 0.15) is 32.0 Å². The van der Waals surface area contributed by atoms with Crippen molar-refractivity contribution in [3.8, 4) is 0 Å². The van der Waals surface area contributed by atoms with Crippen LogP contribution in [-0.4, -0.2) is 28.9 Å². The number of aromatic nitrogens is 1. The van der Waals surface area contributed by atoms with Crippen LogP contribution in [-0.2, 0) is 13.1 Å². The zero-order chi connectivity index (χ0) is 16.8. The Morgan fingerprint density at radius 3 is 2.57 bits per heavy atom. The summed E-state index contributed by atoms with van der Waals surface area (Å²) in [5.74, 6) is 0.382.